The third-order valence-electron chi connectivity index (χ3n) is 6.13. The first kappa shape index (κ1) is 21.3. The van der Waals surface area contributed by atoms with E-state index in [1.54, 1.807) is 34.3 Å². The van der Waals surface area contributed by atoms with E-state index in [0.717, 1.165) is 10.6 Å². The van der Waals surface area contributed by atoms with Gasteiger partial charge >= 0.3 is 5.69 Å². The number of H-pyrrole nitrogens is 1. The van der Waals surface area contributed by atoms with Crippen molar-refractivity contribution in [2.45, 2.75) is 30.8 Å². The summed E-state index contributed by atoms with van der Waals surface area (Å²) in [6.45, 7) is 2.66. The smallest absolute Gasteiger partial charge is 0.329 e. The predicted molar refractivity (Wildman–Crippen MR) is 127 cm³/mol. The minimum absolute atomic E-state index is 0.0224. The van der Waals surface area contributed by atoms with Gasteiger partial charge in [-0.05, 0) is 43.4 Å². The van der Waals surface area contributed by atoms with Crippen LogP contribution in [0.4, 0.5) is 0 Å². The van der Waals surface area contributed by atoms with Crippen LogP contribution in [0.25, 0.3) is 33.2 Å². The normalized spacial score (nSPS) is 14.8. The molecule has 0 aliphatic carbocycles. The number of carbonyl (C=O) groups is 1. The molecule has 1 amide bonds. The van der Waals surface area contributed by atoms with Crippen molar-refractivity contribution in [3.05, 3.63) is 57.5 Å². The Labute approximate surface area is 192 Å². The molecular formula is C23H22N6O3S. The number of likely N-dealkylation sites (tertiary alicyclic amines) is 1. The fraction of sp³-hybridized carbons (Fsp3) is 0.304. The fourth-order valence-electron chi connectivity index (χ4n) is 4.39. The zero-order valence-electron chi connectivity index (χ0n) is 18.2. The number of fused-ring (bicyclic) bond motifs is 3. The first-order valence-corrected chi connectivity index (χ1v) is 11.9. The van der Waals surface area contributed by atoms with Crippen LogP contribution in [0.3, 0.4) is 0 Å². The van der Waals surface area contributed by atoms with Crippen molar-refractivity contribution in [1.82, 2.24) is 29.4 Å². The highest BCUT2D eigenvalue weighted by molar-refractivity contribution is 7.98. The number of thioether (sulfide) groups is 1. The van der Waals surface area contributed by atoms with Crippen LogP contribution >= 0.6 is 11.8 Å². The first-order chi connectivity index (χ1) is 16.0. The Balaban J connectivity index is 1.71. The number of amides is 1. The molecule has 0 unspecified atom stereocenters. The van der Waals surface area contributed by atoms with E-state index in [2.05, 4.69) is 15.0 Å². The number of rotatable bonds is 3. The maximum atomic E-state index is 13.0. The molecule has 4 aromatic heterocycles. The van der Waals surface area contributed by atoms with Crippen molar-refractivity contribution in [2.75, 3.05) is 19.3 Å². The third-order valence-corrected chi connectivity index (χ3v) is 6.79. The summed E-state index contributed by atoms with van der Waals surface area (Å²) in [7, 11) is 0. The lowest BCUT2D eigenvalue weighted by Gasteiger charge is -2.32. The van der Waals surface area contributed by atoms with Crippen LogP contribution in [0.2, 0.25) is 0 Å². The molecule has 0 saturated carbocycles. The molecule has 5 rings (SSSR count). The molecule has 9 nitrogen and oxygen atoms in total. The standard InChI is InChI=1S/C23H22N6O3S/c1-13(30)28-9-7-15(8-10-28)29-21-16(22(31)27-23(29)32)12-24-18-5-4-17(26-20(18)21)14-3-6-19(33-2)25-11-14/h3-6,11-12,15H,7-10H2,1-2H3,(H,27,31,32). The lowest BCUT2D eigenvalue weighted by molar-refractivity contribution is -0.130. The second-order valence-corrected chi connectivity index (χ2v) is 8.87. The summed E-state index contributed by atoms with van der Waals surface area (Å²) in [6, 6.07) is 7.41. The number of pyridine rings is 3. The molecule has 1 aliphatic heterocycles. The van der Waals surface area contributed by atoms with Crippen molar-refractivity contribution >= 4 is 39.6 Å². The number of nitrogens with one attached hydrogen (secondary N) is 1. The van der Waals surface area contributed by atoms with E-state index in [0.29, 0.717) is 53.6 Å². The van der Waals surface area contributed by atoms with Crippen LogP contribution in [0.5, 0.6) is 0 Å². The second kappa shape index (κ2) is 8.43. The minimum Gasteiger partial charge on any atom is -0.343 e. The van der Waals surface area contributed by atoms with Crippen molar-refractivity contribution in [2.24, 2.45) is 0 Å². The summed E-state index contributed by atoms with van der Waals surface area (Å²) in [4.78, 5) is 55.2. The van der Waals surface area contributed by atoms with Crippen LogP contribution in [0, 0.1) is 0 Å². The zero-order valence-corrected chi connectivity index (χ0v) is 19.1. The van der Waals surface area contributed by atoms with Crippen molar-refractivity contribution in [3.63, 3.8) is 0 Å². The SMILES string of the molecule is CSc1ccc(-c2ccc3ncc4c(=O)[nH]c(=O)n(C5CCN(C(C)=O)CC5)c4c3n2)cn1. The van der Waals surface area contributed by atoms with E-state index in [1.807, 2.05) is 30.5 Å². The Morgan fingerprint density at radius 3 is 2.55 bits per heavy atom. The molecule has 33 heavy (non-hydrogen) atoms. The summed E-state index contributed by atoms with van der Waals surface area (Å²) >= 11 is 1.56. The monoisotopic (exact) mass is 462 g/mol. The summed E-state index contributed by atoms with van der Waals surface area (Å²) in [5.74, 6) is 0.0224. The minimum atomic E-state index is -0.486. The summed E-state index contributed by atoms with van der Waals surface area (Å²) < 4.78 is 1.63. The number of nitrogens with zero attached hydrogens (tertiary/aromatic N) is 5. The topological polar surface area (TPSA) is 114 Å². The van der Waals surface area contributed by atoms with E-state index in [-0.39, 0.29) is 11.9 Å². The second-order valence-electron chi connectivity index (χ2n) is 8.04. The summed E-state index contributed by atoms with van der Waals surface area (Å²) in [5.41, 5.74) is 2.13. The van der Waals surface area contributed by atoms with Crippen LogP contribution in [0.15, 0.2) is 51.3 Å². The average Bonchev–Trinajstić information content (AvgIpc) is 2.84. The van der Waals surface area contributed by atoms with E-state index in [1.165, 1.54) is 6.20 Å². The van der Waals surface area contributed by atoms with E-state index in [4.69, 9.17) is 4.98 Å². The maximum Gasteiger partial charge on any atom is 0.329 e. The van der Waals surface area contributed by atoms with Gasteiger partial charge in [-0.2, -0.15) is 0 Å². The fourth-order valence-corrected chi connectivity index (χ4v) is 4.75. The Morgan fingerprint density at radius 2 is 1.88 bits per heavy atom. The van der Waals surface area contributed by atoms with E-state index in [9.17, 15) is 14.4 Å². The van der Waals surface area contributed by atoms with Gasteiger partial charge < -0.3 is 4.90 Å². The summed E-state index contributed by atoms with van der Waals surface area (Å²) in [6.07, 6.45) is 6.45. The Hall–Kier alpha value is -3.53. The number of aromatic amines is 1. The Kier molecular flexibility index (Phi) is 5.45. The van der Waals surface area contributed by atoms with Crippen molar-refractivity contribution in [3.8, 4) is 11.3 Å². The first-order valence-electron chi connectivity index (χ1n) is 10.7. The van der Waals surface area contributed by atoms with Gasteiger partial charge in [0.1, 0.15) is 5.52 Å². The molecular weight excluding hydrogens is 440 g/mol. The number of aromatic nitrogens is 5. The quantitative estimate of drug-likeness (QED) is 0.368. The van der Waals surface area contributed by atoms with E-state index < -0.39 is 11.2 Å². The van der Waals surface area contributed by atoms with Crippen LogP contribution in [-0.4, -0.2) is 54.7 Å². The molecule has 0 aromatic carbocycles. The molecule has 0 atom stereocenters. The molecule has 168 valence electrons. The van der Waals surface area contributed by atoms with Gasteiger partial charge in [-0.1, -0.05) is 0 Å². The maximum absolute atomic E-state index is 13.0. The molecule has 0 bridgehead atoms. The molecule has 1 saturated heterocycles. The van der Waals surface area contributed by atoms with Gasteiger partial charge in [0.2, 0.25) is 5.91 Å². The van der Waals surface area contributed by atoms with Gasteiger partial charge in [-0.3, -0.25) is 24.1 Å². The van der Waals surface area contributed by atoms with Gasteiger partial charge in [-0.15, -0.1) is 11.8 Å². The lowest BCUT2D eigenvalue weighted by atomic mass is 10.0. The Morgan fingerprint density at radius 1 is 1.09 bits per heavy atom. The zero-order chi connectivity index (χ0) is 23.1. The molecule has 1 N–H and O–H groups in total. The molecule has 1 fully saturated rings. The number of piperidine rings is 1. The molecule has 1 aliphatic rings. The number of carbonyl (C=O) groups excluding carboxylic acids is 1. The molecule has 5 heterocycles. The van der Waals surface area contributed by atoms with Gasteiger partial charge in [0, 0.05) is 44.0 Å². The number of hydrogen-bond acceptors (Lipinski definition) is 7. The third kappa shape index (κ3) is 3.80. The largest absolute Gasteiger partial charge is 0.343 e. The number of hydrogen-bond donors (Lipinski definition) is 1. The highest BCUT2D eigenvalue weighted by atomic mass is 32.2. The lowest BCUT2D eigenvalue weighted by Crippen LogP contribution is -2.41. The molecule has 10 heteroatoms. The molecule has 4 aromatic rings. The summed E-state index contributed by atoms with van der Waals surface area (Å²) in [5, 5.41) is 1.22. The van der Waals surface area contributed by atoms with Gasteiger partial charge in [0.15, 0.2) is 0 Å². The molecule has 0 radical (unpaired) electrons. The van der Waals surface area contributed by atoms with Crippen LogP contribution in [-0.2, 0) is 4.79 Å². The van der Waals surface area contributed by atoms with Gasteiger partial charge in [0.25, 0.3) is 5.56 Å². The highest BCUT2D eigenvalue weighted by Gasteiger charge is 2.26. The average molecular weight is 463 g/mol. The van der Waals surface area contributed by atoms with Gasteiger partial charge in [0.05, 0.1) is 27.1 Å². The van der Waals surface area contributed by atoms with E-state index >= 15 is 0 Å². The van der Waals surface area contributed by atoms with Crippen molar-refractivity contribution < 1.29 is 4.79 Å². The van der Waals surface area contributed by atoms with Crippen LogP contribution in [0.1, 0.15) is 25.8 Å². The van der Waals surface area contributed by atoms with Crippen LogP contribution < -0.4 is 11.2 Å². The van der Waals surface area contributed by atoms with Gasteiger partial charge in [-0.25, -0.2) is 14.8 Å². The highest BCUT2D eigenvalue weighted by Crippen LogP contribution is 2.29. The predicted octanol–water partition coefficient (Wildman–Crippen LogP) is 2.60. The Bertz CT molecular complexity index is 1490. The van der Waals surface area contributed by atoms with Crippen molar-refractivity contribution in [1.29, 1.82) is 0 Å². The molecule has 0 spiro atoms.